The normalized spacial score (nSPS) is 13.9. The Bertz CT molecular complexity index is 428. The van der Waals surface area contributed by atoms with E-state index in [1.807, 2.05) is 0 Å². The minimum atomic E-state index is -1.58. The summed E-state index contributed by atoms with van der Waals surface area (Å²) in [6.07, 6.45) is -2.95. The van der Waals surface area contributed by atoms with Gasteiger partial charge in [0.05, 0.1) is 18.6 Å². The summed E-state index contributed by atoms with van der Waals surface area (Å²) >= 11 is 0. The smallest absolute Gasteiger partial charge is 0.150 e. The van der Waals surface area contributed by atoms with Gasteiger partial charge in [0.15, 0.2) is 6.29 Å². The second kappa shape index (κ2) is 5.35. The summed E-state index contributed by atoms with van der Waals surface area (Å²) in [6.45, 7) is 0. The molecule has 0 aliphatic carbocycles. The number of halogens is 1. The van der Waals surface area contributed by atoms with Gasteiger partial charge in [-0.15, -0.1) is 0 Å². The van der Waals surface area contributed by atoms with Crippen LogP contribution in [0.15, 0.2) is 18.2 Å². The number of aliphatic hydroxyl groups is 2. The molecule has 2 unspecified atom stereocenters. The van der Waals surface area contributed by atoms with E-state index in [1.54, 1.807) is 6.07 Å². The lowest BCUT2D eigenvalue weighted by Crippen LogP contribution is -2.20. The summed E-state index contributed by atoms with van der Waals surface area (Å²) in [5, 5.41) is 27.3. The summed E-state index contributed by atoms with van der Waals surface area (Å²) in [7, 11) is 0. The lowest BCUT2D eigenvalue weighted by Gasteiger charge is -2.17. The summed E-state index contributed by atoms with van der Waals surface area (Å²) < 4.78 is 13.4. The first kappa shape index (κ1) is 12.3. The average molecular weight is 223 g/mol. The molecule has 0 aliphatic rings. The highest BCUT2D eigenvalue weighted by atomic mass is 19.1. The van der Waals surface area contributed by atoms with Gasteiger partial charge in [-0.1, -0.05) is 12.1 Å². The highest BCUT2D eigenvalue weighted by molar-refractivity contribution is 5.77. The van der Waals surface area contributed by atoms with Crippen LogP contribution in [-0.4, -0.2) is 22.6 Å². The first-order valence-corrected chi connectivity index (χ1v) is 4.58. The fraction of sp³-hybridized carbons (Fsp3) is 0.273. The van der Waals surface area contributed by atoms with Crippen molar-refractivity contribution in [2.75, 3.05) is 0 Å². The van der Waals surface area contributed by atoms with Crippen LogP contribution in [0.4, 0.5) is 4.39 Å². The number of carbonyl (C=O) groups is 1. The Morgan fingerprint density at radius 1 is 1.50 bits per heavy atom. The van der Waals surface area contributed by atoms with Crippen molar-refractivity contribution in [2.24, 2.45) is 0 Å². The standard InChI is InChI=1S/C11H10FNO3/c12-8-3-1-2-7(6-14)10(8)11(16)9(15)4-5-13/h1-3,6,9,11,15-16H,4H2. The van der Waals surface area contributed by atoms with Gasteiger partial charge in [-0.25, -0.2) is 4.39 Å². The van der Waals surface area contributed by atoms with Crippen LogP contribution in [0.2, 0.25) is 0 Å². The van der Waals surface area contributed by atoms with E-state index in [9.17, 15) is 19.4 Å². The lowest BCUT2D eigenvalue weighted by molar-refractivity contribution is 0.0191. The summed E-state index contributed by atoms with van der Waals surface area (Å²) in [6, 6.07) is 5.38. The number of nitrogens with zero attached hydrogens (tertiary/aromatic N) is 1. The fourth-order valence-corrected chi connectivity index (χ4v) is 1.37. The molecule has 84 valence electrons. The average Bonchev–Trinajstić information content (AvgIpc) is 2.28. The highest BCUT2D eigenvalue weighted by Gasteiger charge is 2.23. The molecule has 0 bridgehead atoms. The number of aliphatic hydroxyl groups excluding tert-OH is 2. The molecule has 1 aromatic rings. The molecule has 0 amide bonds. The van der Waals surface area contributed by atoms with Crippen LogP contribution in [0.3, 0.4) is 0 Å². The van der Waals surface area contributed by atoms with Gasteiger partial charge in [-0.05, 0) is 6.07 Å². The van der Waals surface area contributed by atoms with Crippen LogP contribution in [0.1, 0.15) is 28.4 Å². The third-order valence-corrected chi connectivity index (χ3v) is 2.17. The lowest BCUT2D eigenvalue weighted by atomic mass is 9.97. The summed E-state index contributed by atoms with van der Waals surface area (Å²) in [4.78, 5) is 10.6. The molecule has 4 nitrogen and oxygen atoms in total. The maximum absolute atomic E-state index is 13.4. The van der Waals surface area contributed by atoms with E-state index in [0.717, 1.165) is 6.07 Å². The Morgan fingerprint density at radius 2 is 2.19 bits per heavy atom. The Kier molecular flexibility index (Phi) is 4.11. The Labute approximate surface area is 91.6 Å². The molecule has 0 aromatic heterocycles. The van der Waals surface area contributed by atoms with E-state index in [1.165, 1.54) is 12.1 Å². The Morgan fingerprint density at radius 3 is 2.75 bits per heavy atom. The molecule has 0 heterocycles. The predicted molar refractivity (Wildman–Crippen MR) is 53.0 cm³/mol. The van der Waals surface area contributed by atoms with Gasteiger partial charge in [-0.3, -0.25) is 4.79 Å². The molecule has 0 saturated carbocycles. The number of nitriles is 1. The Hall–Kier alpha value is -1.77. The number of carbonyl (C=O) groups excluding carboxylic acids is 1. The van der Waals surface area contributed by atoms with Crippen molar-refractivity contribution in [1.29, 1.82) is 5.26 Å². The molecular weight excluding hydrogens is 213 g/mol. The van der Waals surface area contributed by atoms with Gasteiger partial charge in [0, 0.05) is 11.1 Å². The zero-order valence-corrected chi connectivity index (χ0v) is 8.30. The molecule has 0 spiro atoms. The third-order valence-electron chi connectivity index (χ3n) is 2.17. The predicted octanol–water partition coefficient (Wildman–Crippen LogP) is 0.946. The fourth-order valence-electron chi connectivity index (χ4n) is 1.37. The third kappa shape index (κ3) is 2.42. The molecule has 2 atom stereocenters. The molecule has 1 rings (SSSR count). The van der Waals surface area contributed by atoms with E-state index in [-0.39, 0.29) is 17.5 Å². The van der Waals surface area contributed by atoms with Crippen molar-refractivity contribution in [2.45, 2.75) is 18.6 Å². The van der Waals surface area contributed by atoms with E-state index >= 15 is 0 Å². The van der Waals surface area contributed by atoms with Gasteiger partial charge in [0.1, 0.15) is 11.9 Å². The van der Waals surface area contributed by atoms with Crippen molar-refractivity contribution < 1.29 is 19.4 Å². The van der Waals surface area contributed by atoms with E-state index in [2.05, 4.69) is 0 Å². The zero-order valence-electron chi connectivity index (χ0n) is 8.30. The topological polar surface area (TPSA) is 81.3 Å². The second-order valence-corrected chi connectivity index (χ2v) is 3.24. The number of rotatable bonds is 4. The van der Waals surface area contributed by atoms with Crippen LogP contribution in [0, 0.1) is 17.1 Å². The molecule has 2 N–H and O–H groups in total. The minimum Gasteiger partial charge on any atom is -0.389 e. The largest absolute Gasteiger partial charge is 0.389 e. The SMILES string of the molecule is N#CCC(O)C(O)c1c(F)cccc1C=O. The first-order valence-electron chi connectivity index (χ1n) is 4.58. The maximum atomic E-state index is 13.4. The highest BCUT2D eigenvalue weighted by Crippen LogP contribution is 2.24. The number of hydrogen-bond donors (Lipinski definition) is 2. The van der Waals surface area contributed by atoms with Crippen LogP contribution >= 0.6 is 0 Å². The van der Waals surface area contributed by atoms with Crippen molar-refractivity contribution in [3.8, 4) is 6.07 Å². The van der Waals surface area contributed by atoms with Gasteiger partial charge in [-0.2, -0.15) is 5.26 Å². The molecule has 0 saturated heterocycles. The number of aldehydes is 1. The van der Waals surface area contributed by atoms with Crippen LogP contribution in [0.5, 0.6) is 0 Å². The minimum absolute atomic E-state index is 0.0375. The summed E-state index contributed by atoms with van der Waals surface area (Å²) in [5.74, 6) is -0.783. The van der Waals surface area contributed by atoms with Crippen LogP contribution < -0.4 is 0 Å². The summed E-state index contributed by atoms with van der Waals surface area (Å²) in [5.41, 5.74) is -0.315. The van der Waals surface area contributed by atoms with E-state index in [0.29, 0.717) is 6.29 Å². The van der Waals surface area contributed by atoms with Crippen molar-refractivity contribution in [1.82, 2.24) is 0 Å². The maximum Gasteiger partial charge on any atom is 0.150 e. The van der Waals surface area contributed by atoms with Gasteiger partial charge in [0.25, 0.3) is 0 Å². The van der Waals surface area contributed by atoms with Gasteiger partial charge in [0.2, 0.25) is 0 Å². The Balaban J connectivity index is 3.12. The van der Waals surface area contributed by atoms with Crippen molar-refractivity contribution in [3.63, 3.8) is 0 Å². The molecule has 0 radical (unpaired) electrons. The van der Waals surface area contributed by atoms with Gasteiger partial charge < -0.3 is 10.2 Å². The first-order chi connectivity index (χ1) is 7.61. The quantitative estimate of drug-likeness (QED) is 0.744. The van der Waals surface area contributed by atoms with Gasteiger partial charge >= 0.3 is 0 Å². The molecule has 16 heavy (non-hydrogen) atoms. The molecule has 0 aliphatic heterocycles. The zero-order chi connectivity index (χ0) is 12.1. The second-order valence-electron chi connectivity index (χ2n) is 3.24. The molecule has 5 heteroatoms. The van der Waals surface area contributed by atoms with Crippen LogP contribution in [0.25, 0.3) is 0 Å². The monoisotopic (exact) mass is 223 g/mol. The number of benzene rings is 1. The van der Waals surface area contributed by atoms with E-state index in [4.69, 9.17) is 5.26 Å². The molecule has 1 aromatic carbocycles. The molecular formula is C11H10FNO3. The van der Waals surface area contributed by atoms with Crippen molar-refractivity contribution >= 4 is 6.29 Å². The number of hydrogen-bond acceptors (Lipinski definition) is 4. The molecule has 0 fully saturated rings. The van der Waals surface area contributed by atoms with E-state index < -0.39 is 18.0 Å². The van der Waals surface area contributed by atoms with Crippen LogP contribution in [-0.2, 0) is 0 Å². The van der Waals surface area contributed by atoms with Crippen molar-refractivity contribution in [3.05, 3.63) is 35.1 Å².